The van der Waals surface area contributed by atoms with Gasteiger partial charge in [0, 0.05) is 46.7 Å². The van der Waals surface area contributed by atoms with Crippen molar-refractivity contribution < 1.29 is 18.3 Å². The van der Waals surface area contributed by atoms with Gasteiger partial charge in [0.1, 0.15) is 24.0 Å². The van der Waals surface area contributed by atoms with E-state index < -0.39 is 23.6 Å². The van der Waals surface area contributed by atoms with Gasteiger partial charge in [-0.1, -0.05) is 24.8 Å². The van der Waals surface area contributed by atoms with Crippen LogP contribution in [0.1, 0.15) is 12.8 Å². The first-order chi connectivity index (χ1) is 20.4. The molecular formula is C31H30F2N6O2S. The van der Waals surface area contributed by atoms with Crippen LogP contribution in [-0.2, 0) is 4.79 Å². The highest BCUT2D eigenvalue weighted by Gasteiger charge is 2.35. The molecule has 4 aromatic rings. The van der Waals surface area contributed by atoms with Gasteiger partial charge in [-0.25, -0.2) is 15.4 Å². The zero-order valence-corrected chi connectivity index (χ0v) is 24.0. The van der Waals surface area contributed by atoms with Gasteiger partial charge in [-0.15, -0.1) is 11.3 Å². The number of piperazine rings is 1. The molecule has 0 aliphatic carbocycles. The quantitative estimate of drug-likeness (QED) is 0.209. The number of benzene rings is 2. The molecule has 0 saturated carbocycles. The van der Waals surface area contributed by atoms with E-state index in [1.54, 1.807) is 17.4 Å². The number of thiophene rings is 1. The lowest BCUT2D eigenvalue weighted by atomic mass is 9.99. The molecular weight excluding hydrogens is 558 g/mol. The number of halogens is 2. The summed E-state index contributed by atoms with van der Waals surface area (Å²) in [6, 6.07) is 11.1. The van der Waals surface area contributed by atoms with E-state index >= 15 is 4.39 Å². The first kappa shape index (κ1) is 28.0. The van der Waals surface area contributed by atoms with Gasteiger partial charge in [-0.05, 0) is 55.6 Å². The molecule has 0 unspecified atom stereocenters. The molecule has 11 heteroatoms. The molecule has 4 heterocycles. The molecule has 2 aromatic carbocycles. The lowest BCUT2D eigenvalue weighted by molar-refractivity contribution is -0.131. The van der Waals surface area contributed by atoms with E-state index in [0.29, 0.717) is 29.9 Å². The van der Waals surface area contributed by atoms with Crippen molar-refractivity contribution in [2.24, 2.45) is 0 Å². The lowest BCUT2D eigenvalue weighted by Gasteiger charge is -2.39. The van der Waals surface area contributed by atoms with E-state index in [2.05, 4.69) is 28.4 Å². The molecule has 2 fully saturated rings. The van der Waals surface area contributed by atoms with Crippen LogP contribution in [0.2, 0.25) is 0 Å². The number of hydrogen-bond donors (Lipinski definition) is 0. The largest absolute Gasteiger partial charge is 0.462 e. The minimum Gasteiger partial charge on any atom is -0.462 e. The third-order valence-electron chi connectivity index (χ3n) is 8.21. The van der Waals surface area contributed by atoms with Gasteiger partial charge in [-0.3, -0.25) is 4.79 Å². The maximum atomic E-state index is 16.5. The van der Waals surface area contributed by atoms with Gasteiger partial charge in [0.25, 0.3) is 5.91 Å². The number of nitrogens with zero attached hydrogens (tertiary/aromatic N) is 6. The highest BCUT2D eigenvalue weighted by atomic mass is 32.1. The number of aromatic nitrogens is 2. The molecule has 216 valence electrons. The number of likely N-dealkylation sites (tertiary alicyclic amines) is 1. The summed E-state index contributed by atoms with van der Waals surface area (Å²) < 4.78 is 37.4. The standard InChI is InChI=1S/C31H30F2N6O2S/c1-19(32)30(40)39-14-13-38(17-21(39)16-34-2)29-25-10-9-24(22-7-4-8-26-23(22)11-15-42-26)27(33)28(25)35-31(36-29)41-18-20-6-5-12-37(20)3/h4,7-11,15,20-21H,1,5-6,12-14,16-18H2,3H3/t20-,21-/m0/s1. The molecule has 42 heavy (non-hydrogen) atoms. The van der Waals surface area contributed by atoms with Crippen LogP contribution in [0.3, 0.4) is 0 Å². The van der Waals surface area contributed by atoms with Gasteiger partial charge in [0.15, 0.2) is 11.6 Å². The van der Waals surface area contributed by atoms with Crippen LogP contribution in [0.25, 0.3) is 37.0 Å². The number of ether oxygens (including phenoxy) is 1. The van der Waals surface area contributed by atoms with E-state index in [4.69, 9.17) is 16.3 Å². The zero-order valence-electron chi connectivity index (χ0n) is 23.2. The minimum atomic E-state index is -1.06. The Kier molecular flexibility index (Phi) is 7.75. The smallest absolute Gasteiger partial charge is 0.319 e. The Bertz CT molecular complexity index is 1720. The molecule has 8 nitrogen and oxygen atoms in total. The van der Waals surface area contributed by atoms with Gasteiger partial charge >= 0.3 is 6.01 Å². The van der Waals surface area contributed by atoms with Crippen molar-refractivity contribution >= 4 is 44.1 Å². The molecule has 1 amide bonds. The molecule has 6 rings (SSSR count). The van der Waals surface area contributed by atoms with Crippen LogP contribution >= 0.6 is 11.3 Å². The lowest BCUT2D eigenvalue weighted by Crippen LogP contribution is -2.56. The summed E-state index contributed by atoms with van der Waals surface area (Å²) in [4.78, 5) is 30.7. The van der Waals surface area contributed by atoms with Gasteiger partial charge < -0.3 is 24.3 Å². The topological polar surface area (TPSA) is 66.2 Å². The fraction of sp³-hybridized carbons (Fsp3) is 0.355. The summed E-state index contributed by atoms with van der Waals surface area (Å²) in [5, 5.41) is 3.45. The molecule has 0 radical (unpaired) electrons. The summed E-state index contributed by atoms with van der Waals surface area (Å²) in [5.41, 5.74) is 1.34. The van der Waals surface area contributed by atoms with Crippen molar-refractivity contribution in [1.82, 2.24) is 19.8 Å². The second-order valence-electron chi connectivity index (χ2n) is 10.7. The van der Waals surface area contributed by atoms with E-state index in [9.17, 15) is 9.18 Å². The molecule has 0 N–H and O–H groups in total. The van der Waals surface area contributed by atoms with Gasteiger partial charge in [0.2, 0.25) is 6.54 Å². The highest BCUT2D eigenvalue weighted by molar-refractivity contribution is 7.17. The Labute approximate surface area is 246 Å². The van der Waals surface area contributed by atoms with E-state index in [1.165, 1.54) is 4.90 Å². The number of amides is 1. The summed E-state index contributed by atoms with van der Waals surface area (Å²) >= 11 is 1.60. The fourth-order valence-corrected chi connectivity index (χ4v) is 6.77. The average Bonchev–Trinajstić information content (AvgIpc) is 3.64. The van der Waals surface area contributed by atoms with Crippen LogP contribution in [-0.4, -0.2) is 84.1 Å². The predicted octanol–water partition coefficient (Wildman–Crippen LogP) is 5.54. The number of carbonyl (C=O) groups excluding carboxylic acids is 1. The number of fused-ring (bicyclic) bond motifs is 2. The predicted molar refractivity (Wildman–Crippen MR) is 161 cm³/mol. The molecule has 2 aliphatic heterocycles. The van der Waals surface area contributed by atoms with Crippen LogP contribution in [0.5, 0.6) is 6.01 Å². The van der Waals surface area contributed by atoms with E-state index in [1.807, 2.05) is 40.6 Å². The highest BCUT2D eigenvalue weighted by Crippen LogP contribution is 2.38. The van der Waals surface area contributed by atoms with Crippen molar-refractivity contribution in [3.8, 4) is 17.1 Å². The van der Waals surface area contributed by atoms with Crippen LogP contribution in [0, 0.1) is 12.4 Å². The first-order valence-electron chi connectivity index (χ1n) is 13.9. The maximum Gasteiger partial charge on any atom is 0.319 e. The SMILES string of the molecule is [C-]#[N+]C[C@H]1CN(c2nc(OC[C@@H]3CCCN3C)nc3c(F)c(-c4cccc5sccc45)ccc23)CCN1C(=O)C(=C)F. The third-order valence-corrected chi connectivity index (χ3v) is 9.09. The molecule has 2 atom stereocenters. The summed E-state index contributed by atoms with van der Waals surface area (Å²) in [6.45, 7) is 12.6. The van der Waals surface area contributed by atoms with Gasteiger partial charge in [-0.2, -0.15) is 9.97 Å². The monoisotopic (exact) mass is 588 g/mol. The second-order valence-corrected chi connectivity index (χ2v) is 11.7. The number of rotatable bonds is 7. The minimum absolute atomic E-state index is 0.0148. The summed E-state index contributed by atoms with van der Waals surface area (Å²) in [6.07, 6.45) is 2.07. The fourth-order valence-electron chi connectivity index (χ4n) is 5.96. The average molecular weight is 589 g/mol. The van der Waals surface area contributed by atoms with E-state index in [-0.39, 0.29) is 37.2 Å². The normalized spacial score (nSPS) is 19.4. The van der Waals surface area contributed by atoms with Crippen molar-refractivity contribution in [1.29, 1.82) is 0 Å². The summed E-state index contributed by atoms with van der Waals surface area (Å²) in [7, 11) is 2.05. The molecule has 2 aromatic heterocycles. The molecule has 2 aliphatic rings. The van der Waals surface area contributed by atoms with Gasteiger partial charge in [0.05, 0.1) is 0 Å². The zero-order chi connectivity index (χ0) is 29.4. The number of anilines is 1. The maximum absolute atomic E-state index is 16.5. The third kappa shape index (κ3) is 5.16. The Balaban J connectivity index is 1.43. The van der Waals surface area contributed by atoms with Crippen LogP contribution < -0.4 is 9.64 Å². The summed E-state index contributed by atoms with van der Waals surface area (Å²) in [5.74, 6) is -1.90. The van der Waals surface area contributed by atoms with Crippen molar-refractivity contribution in [3.05, 3.63) is 71.4 Å². The van der Waals surface area contributed by atoms with Crippen LogP contribution in [0.4, 0.5) is 14.6 Å². The van der Waals surface area contributed by atoms with E-state index in [0.717, 1.165) is 35.0 Å². The van der Waals surface area contributed by atoms with Crippen molar-refractivity contribution in [2.45, 2.75) is 24.9 Å². The number of likely N-dealkylation sites (N-methyl/N-ethyl adjacent to an activating group) is 1. The Morgan fingerprint density at radius 1 is 1.14 bits per heavy atom. The molecule has 0 bridgehead atoms. The van der Waals surface area contributed by atoms with Crippen molar-refractivity contribution in [2.75, 3.05) is 51.3 Å². The Morgan fingerprint density at radius 3 is 2.76 bits per heavy atom. The molecule has 2 saturated heterocycles. The van der Waals surface area contributed by atoms with Crippen molar-refractivity contribution in [3.63, 3.8) is 0 Å². The number of carbonyl (C=O) groups is 1. The molecule has 0 spiro atoms. The second kappa shape index (κ2) is 11.6. The number of hydrogen-bond acceptors (Lipinski definition) is 7. The Hall–Kier alpha value is -4.14. The first-order valence-corrected chi connectivity index (χ1v) is 14.8. The van der Waals surface area contributed by atoms with Crippen LogP contribution in [0.15, 0.2) is 54.2 Å². The Morgan fingerprint density at radius 2 is 2.00 bits per heavy atom.